The van der Waals surface area contributed by atoms with Crippen LogP contribution in [0.2, 0.25) is 0 Å². The Balaban J connectivity index is 2.89. The third-order valence-electron chi connectivity index (χ3n) is 2.30. The van der Waals surface area contributed by atoms with Crippen molar-refractivity contribution in [3.8, 4) is 11.8 Å². The van der Waals surface area contributed by atoms with Crippen LogP contribution in [0.1, 0.15) is 36.7 Å². The first-order valence-corrected chi connectivity index (χ1v) is 6.01. The van der Waals surface area contributed by atoms with Gasteiger partial charge in [-0.05, 0) is 23.6 Å². The first kappa shape index (κ1) is 15.2. The molecule has 4 heteroatoms. The summed E-state index contributed by atoms with van der Waals surface area (Å²) in [5, 5.41) is 11.3. The van der Waals surface area contributed by atoms with Crippen LogP contribution in [0.3, 0.4) is 0 Å². The lowest BCUT2D eigenvalue weighted by Gasteiger charge is -2.18. The predicted molar refractivity (Wildman–Crippen MR) is 72.2 cm³/mol. The largest absolute Gasteiger partial charge is 0.384 e. The van der Waals surface area contributed by atoms with Crippen molar-refractivity contribution >= 4 is 5.91 Å². The number of halogens is 1. The molecule has 0 heterocycles. The molecule has 0 fully saturated rings. The van der Waals surface area contributed by atoms with Gasteiger partial charge < -0.3 is 10.4 Å². The summed E-state index contributed by atoms with van der Waals surface area (Å²) < 4.78 is 13.6. The Morgan fingerprint density at radius 2 is 2.11 bits per heavy atom. The van der Waals surface area contributed by atoms with E-state index in [0.29, 0.717) is 12.1 Å². The Kier molecular flexibility index (Phi) is 5.08. The third-order valence-corrected chi connectivity index (χ3v) is 2.30. The zero-order valence-electron chi connectivity index (χ0n) is 11.4. The Hall–Kier alpha value is -1.86. The van der Waals surface area contributed by atoms with Crippen LogP contribution in [0.15, 0.2) is 18.2 Å². The van der Waals surface area contributed by atoms with E-state index in [1.54, 1.807) is 0 Å². The minimum atomic E-state index is -0.582. The second-order valence-corrected chi connectivity index (χ2v) is 5.40. The molecule has 1 aromatic carbocycles. The molecular formula is C15H18FNO2. The van der Waals surface area contributed by atoms with Crippen molar-refractivity contribution in [2.45, 2.75) is 20.8 Å². The van der Waals surface area contributed by atoms with Crippen molar-refractivity contribution in [1.82, 2.24) is 5.32 Å². The van der Waals surface area contributed by atoms with Gasteiger partial charge in [0.1, 0.15) is 12.4 Å². The number of carbonyl (C=O) groups is 1. The summed E-state index contributed by atoms with van der Waals surface area (Å²) in [7, 11) is 0. The zero-order valence-corrected chi connectivity index (χ0v) is 11.4. The molecule has 0 aliphatic carbocycles. The van der Waals surface area contributed by atoms with Gasteiger partial charge >= 0.3 is 0 Å². The Morgan fingerprint density at radius 1 is 1.42 bits per heavy atom. The number of hydrogen-bond acceptors (Lipinski definition) is 2. The number of benzene rings is 1. The molecule has 19 heavy (non-hydrogen) atoms. The smallest absolute Gasteiger partial charge is 0.254 e. The van der Waals surface area contributed by atoms with E-state index < -0.39 is 11.7 Å². The summed E-state index contributed by atoms with van der Waals surface area (Å²) in [5.41, 5.74) is 0.394. The van der Waals surface area contributed by atoms with Gasteiger partial charge in [0.05, 0.1) is 5.56 Å². The average Bonchev–Trinajstić information content (AvgIpc) is 2.34. The summed E-state index contributed by atoms with van der Waals surface area (Å²) >= 11 is 0. The summed E-state index contributed by atoms with van der Waals surface area (Å²) in [6.45, 7) is 6.12. The first-order valence-electron chi connectivity index (χ1n) is 6.01. The molecule has 0 aromatic heterocycles. The van der Waals surface area contributed by atoms with Gasteiger partial charge in [-0.2, -0.15) is 0 Å². The second-order valence-electron chi connectivity index (χ2n) is 5.40. The van der Waals surface area contributed by atoms with Crippen LogP contribution < -0.4 is 5.32 Å². The molecule has 0 unspecified atom stereocenters. The Bertz CT molecular complexity index is 521. The standard InChI is InChI=1S/C15H18FNO2/c1-15(2,3)10-17-14(19)12-9-11(5-4-8-18)6-7-13(12)16/h6-7,9,18H,8,10H2,1-3H3,(H,17,19). The molecule has 1 aromatic rings. The van der Waals surface area contributed by atoms with Gasteiger partial charge in [-0.3, -0.25) is 4.79 Å². The van der Waals surface area contributed by atoms with Crippen molar-refractivity contribution in [3.63, 3.8) is 0 Å². The van der Waals surface area contributed by atoms with Crippen LogP contribution >= 0.6 is 0 Å². The van der Waals surface area contributed by atoms with Crippen LogP contribution in [0, 0.1) is 23.1 Å². The highest BCUT2D eigenvalue weighted by Gasteiger charge is 2.16. The van der Waals surface area contributed by atoms with Crippen LogP contribution in [0.25, 0.3) is 0 Å². The number of carbonyl (C=O) groups excluding carboxylic acids is 1. The maximum absolute atomic E-state index is 13.6. The monoisotopic (exact) mass is 263 g/mol. The van der Waals surface area contributed by atoms with E-state index in [9.17, 15) is 9.18 Å². The topological polar surface area (TPSA) is 49.3 Å². The highest BCUT2D eigenvalue weighted by atomic mass is 19.1. The van der Waals surface area contributed by atoms with E-state index in [-0.39, 0.29) is 17.6 Å². The summed E-state index contributed by atoms with van der Waals surface area (Å²) in [6, 6.07) is 4.06. The lowest BCUT2D eigenvalue weighted by Crippen LogP contribution is -2.32. The molecule has 2 N–H and O–H groups in total. The molecule has 102 valence electrons. The van der Waals surface area contributed by atoms with Crippen LogP contribution in [-0.2, 0) is 0 Å². The van der Waals surface area contributed by atoms with Crippen molar-refractivity contribution in [1.29, 1.82) is 0 Å². The van der Waals surface area contributed by atoms with Gasteiger partial charge in [0, 0.05) is 12.1 Å². The molecule has 0 aliphatic rings. The number of nitrogens with one attached hydrogen (secondary N) is 1. The number of hydrogen-bond donors (Lipinski definition) is 2. The lowest BCUT2D eigenvalue weighted by molar-refractivity contribution is 0.0935. The van der Waals surface area contributed by atoms with Crippen LogP contribution in [-0.4, -0.2) is 24.2 Å². The molecule has 1 rings (SSSR count). The van der Waals surface area contributed by atoms with Crippen molar-refractivity contribution < 1.29 is 14.3 Å². The van der Waals surface area contributed by atoms with E-state index in [4.69, 9.17) is 5.11 Å². The molecule has 0 bridgehead atoms. The fraction of sp³-hybridized carbons (Fsp3) is 0.400. The maximum atomic E-state index is 13.6. The molecule has 0 atom stereocenters. The van der Waals surface area contributed by atoms with Crippen LogP contribution in [0.4, 0.5) is 4.39 Å². The highest BCUT2D eigenvalue weighted by Crippen LogP contribution is 2.13. The number of rotatable bonds is 2. The fourth-order valence-electron chi connectivity index (χ4n) is 1.36. The van der Waals surface area contributed by atoms with Gasteiger partial charge in [-0.15, -0.1) is 0 Å². The van der Waals surface area contributed by atoms with E-state index in [2.05, 4.69) is 17.2 Å². The van der Waals surface area contributed by atoms with Crippen molar-refractivity contribution in [2.24, 2.45) is 5.41 Å². The molecular weight excluding hydrogens is 245 g/mol. The molecule has 0 spiro atoms. The van der Waals surface area contributed by atoms with Crippen molar-refractivity contribution in [3.05, 3.63) is 35.1 Å². The third kappa shape index (κ3) is 5.11. The van der Waals surface area contributed by atoms with Gasteiger partial charge in [0.15, 0.2) is 0 Å². The lowest BCUT2D eigenvalue weighted by atomic mass is 9.97. The van der Waals surface area contributed by atoms with E-state index in [0.717, 1.165) is 0 Å². The predicted octanol–water partition coefficient (Wildman–Crippen LogP) is 1.95. The summed E-state index contributed by atoms with van der Waals surface area (Å²) in [6.07, 6.45) is 0. The summed E-state index contributed by atoms with van der Waals surface area (Å²) in [4.78, 5) is 11.9. The highest BCUT2D eigenvalue weighted by molar-refractivity contribution is 5.94. The fourth-order valence-corrected chi connectivity index (χ4v) is 1.36. The Labute approximate surface area is 112 Å². The van der Waals surface area contributed by atoms with Crippen LogP contribution in [0.5, 0.6) is 0 Å². The molecule has 1 amide bonds. The minimum Gasteiger partial charge on any atom is -0.384 e. The molecule has 0 saturated carbocycles. The van der Waals surface area contributed by atoms with Gasteiger partial charge in [0.2, 0.25) is 0 Å². The van der Waals surface area contributed by atoms with Crippen molar-refractivity contribution in [2.75, 3.05) is 13.2 Å². The Morgan fingerprint density at radius 3 is 2.68 bits per heavy atom. The van der Waals surface area contributed by atoms with E-state index >= 15 is 0 Å². The zero-order chi connectivity index (χ0) is 14.5. The number of aliphatic hydroxyl groups excluding tert-OH is 1. The SMILES string of the molecule is CC(C)(C)CNC(=O)c1cc(C#CCO)ccc1F. The average molecular weight is 263 g/mol. The van der Waals surface area contributed by atoms with Gasteiger partial charge in [-0.25, -0.2) is 4.39 Å². The van der Waals surface area contributed by atoms with Gasteiger partial charge in [-0.1, -0.05) is 32.6 Å². The van der Waals surface area contributed by atoms with E-state index in [1.165, 1.54) is 18.2 Å². The summed E-state index contributed by atoms with van der Waals surface area (Å²) in [5.74, 6) is 4.06. The normalized spacial score (nSPS) is 10.6. The quantitative estimate of drug-likeness (QED) is 0.801. The molecule has 0 radical (unpaired) electrons. The molecule has 0 aliphatic heterocycles. The molecule has 3 nitrogen and oxygen atoms in total. The van der Waals surface area contributed by atoms with Gasteiger partial charge in [0.25, 0.3) is 5.91 Å². The molecule has 0 saturated heterocycles. The minimum absolute atomic E-state index is 0.0333. The second kappa shape index (κ2) is 6.35. The van der Waals surface area contributed by atoms with E-state index in [1.807, 2.05) is 20.8 Å². The first-order chi connectivity index (χ1) is 8.83. The maximum Gasteiger partial charge on any atom is 0.254 e. The number of aliphatic hydroxyl groups is 1. The number of amides is 1.